The Morgan fingerprint density at radius 1 is 1.00 bits per heavy atom. The SMILES string of the molecule is Cc1cc(C)cc(-c2[nH]c3c(C(C)C)cccc3c2CCCCN)c1. The van der Waals surface area contributed by atoms with Gasteiger partial charge in [-0.25, -0.2) is 0 Å². The van der Waals surface area contributed by atoms with E-state index >= 15 is 0 Å². The topological polar surface area (TPSA) is 41.8 Å². The van der Waals surface area contributed by atoms with Crippen LogP contribution in [0.1, 0.15) is 54.9 Å². The molecule has 0 atom stereocenters. The number of aromatic amines is 1. The van der Waals surface area contributed by atoms with E-state index in [1.165, 1.54) is 44.4 Å². The van der Waals surface area contributed by atoms with Crippen LogP contribution in [0.4, 0.5) is 0 Å². The van der Waals surface area contributed by atoms with Crippen molar-refractivity contribution in [1.29, 1.82) is 0 Å². The lowest BCUT2D eigenvalue weighted by atomic mass is 9.96. The smallest absolute Gasteiger partial charge is 0.0497 e. The highest BCUT2D eigenvalue weighted by Crippen LogP contribution is 2.35. The van der Waals surface area contributed by atoms with Gasteiger partial charge >= 0.3 is 0 Å². The van der Waals surface area contributed by atoms with Crippen molar-refractivity contribution in [2.24, 2.45) is 5.73 Å². The molecule has 3 N–H and O–H groups in total. The number of fused-ring (bicyclic) bond motifs is 1. The predicted molar refractivity (Wildman–Crippen MR) is 109 cm³/mol. The first-order valence-corrected chi connectivity index (χ1v) is 9.43. The summed E-state index contributed by atoms with van der Waals surface area (Å²) >= 11 is 0. The molecular weight excluding hydrogens is 304 g/mol. The van der Waals surface area contributed by atoms with Gasteiger partial charge in [0.2, 0.25) is 0 Å². The van der Waals surface area contributed by atoms with Gasteiger partial charge in [0.25, 0.3) is 0 Å². The van der Waals surface area contributed by atoms with Crippen LogP contribution >= 0.6 is 0 Å². The normalized spacial score (nSPS) is 11.6. The van der Waals surface area contributed by atoms with Gasteiger partial charge < -0.3 is 10.7 Å². The van der Waals surface area contributed by atoms with Crippen molar-refractivity contribution in [2.45, 2.75) is 52.9 Å². The Hall–Kier alpha value is -2.06. The molecule has 2 aromatic carbocycles. The molecule has 0 aliphatic rings. The number of unbranched alkanes of at least 4 members (excludes halogenated alkanes) is 1. The van der Waals surface area contributed by atoms with E-state index in [1.807, 2.05) is 0 Å². The minimum Gasteiger partial charge on any atom is -0.354 e. The zero-order valence-electron chi connectivity index (χ0n) is 15.9. The molecule has 0 unspecified atom stereocenters. The molecule has 2 heteroatoms. The Morgan fingerprint density at radius 2 is 1.72 bits per heavy atom. The fraction of sp³-hybridized carbons (Fsp3) is 0.391. The molecule has 0 aliphatic carbocycles. The second-order valence-corrected chi connectivity index (χ2v) is 7.53. The van der Waals surface area contributed by atoms with E-state index in [2.05, 4.69) is 69.1 Å². The van der Waals surface area contributed by atoms with Gasteiger partial charge in [0.15, 0.2) is 0 Å². The second-order valence-electron chi connectivity index (χ2n) is 7.53. The summed E-state index contributed by atoms with van der Waals surface area (Å²) in [7, 11) is 0. The van der Waals surface area contributed by atoms with Gasteiger partial charge in [-0.15, -0.1) is 0 Å². The lowest BCUT2D eigenvalue weighted by Gasteiger charge is -2.08. The molecule has 3 rings (SSSR count). The molecule has 132 valence electrons. The highest BCUT2D eigenvalue weighted by molar-refractivity contribution is 5.93. The number of nitrogens with two attached hydrogens (primary N) is 1. The van der Waals surface area contributed by atoms with Crippen molar-refractivity contribution < 1.29 is 0 Å². The van der Waals surface area contributed by atoms with E-state index in [0.29, 0.717) is 5.92 Å². The number of aromatic nitrogens is 1. The van der Waals surface area contributed by atoms with Gasteiger partial charge in [-0.1, -0.05) is 49.2 Å². The highest BCUT2D eigenvalue weighted by atomic mass is 14.7. The van der Waals surface area contributed by atoms with Crippen LogP contribution in [-0.2, 0) is 6.42 Å². The maximum Gasteiger partial charge on any atom is 0.0497 e. The average molecular weight is 335 g/mol. The summed E-state index contributed by atoms with van der Waals surface area (Å²) < 4.78 is 0. The van der Waals surface area contributed by atoms with Gasteiger partial charge in [0, 0.05) is 16.6 Å². The van der Waals surface area contributed by atoms with Crippen LogP contribution in [0.2, 0.25) is 0 Å². The highest BCUT2D eigenvalue weighted by Gasteiger charge is 2.16. The van der Waals surface area contributed by atoms with Crippen molar-refractivity contribution in [2.75, 3.05) is 6.54 Å². The molecule has 0 saturated carbocycles. The minimum atomic E-state index is 0.506. The molecule has 3 aromatic rings. The maximum absolute atomic E-state index is 5.73. The summed E-state index contributed by atoms with van der Waals surface area (Å²) in [5, 5.41) is 1.37. The van der Waals surface area contributed by atoms with Crippen molar-refractivity contribution in [3.8, 4) is 11.3 Å². The summed E-state index contributed by atoms with van der Waals surface area (Å²) in [4.78, 5) is 3.78. The van der Waals surface area contributed by atoms with E-state index in [0.717, 1.165) is 25.8 Å². The van der Waals surface area contributed by atoms with E-state index < -0.39 is 0 Å². The molecule has 25 heavy (non-hydrogen) atoms. The third-order valence-electron chi connectivity index (χ3n) is 4.99. The average Bonchev–Trinajstić information content (AvgIpc) is 2.93. The maximum atomic E-state index is 5.73. The van der Waals surface area contributed by atoms with Crippen molar-refractivity contribution in [1.82, 2.24) is 4.98 Å². The number of rotatable bonds is 6. The van der Waals surface area contributed by atoms with Crippen LogP contribution in [0, 0.1) is 13.8 Å². The van der Waals surface area contributed by atoms with Gasteiger partial charge in [-0.3, -0.25) is 0 Å². The van der Waals surface area contributed by atoms with Crippen LogP contribution < -0.4 is 5.73 Å². The monoisotopic (exact) mass is 334 g/mol. The third-order valence-corrected chi connectivity index (χ3v) is 4.99. The molecule has 0 fully saturated rings. The predicted octanol–water partition coefficient (Wildman–Crippen LogP) is 5.86. The first-order chi connectivity index (χ1) is 12.0. The number of para-hydroxylation sites is 1. The lowest BCUT2D eigenvalue weighted by molar-refractivity contribution is 0.748. The Labute approximate surface area is 151 Å². The van der Waals surface area contributed by atoms with E-state index in [1.54, 1.807) is 0 Å². The van der Waals surface area contributed by atoms with Crippen LogP contribution in [0.15, 0.2) is 36.4 Å². The van der Waals surface area contributed by atoms with Crippen LogP contribution in [0.25, 0.3) is 22.2 Å². The van der Waals surface area contributed by atoms with Crippen LogP contribution in [-0.4, -0.2) is 11.5 Å². The number of benzene rings is 2. The van der Waals surface area contributed by atoms with E-state index in [4.69, 9.17) is 5.73 Å². The van der Waals surface area contributed by atoms with Gasteiger partial charge in [-0.05, 0) is 74.4 Å². The van der Waals surface area contributed by atoms with E-state index in [9.17, 15) is 0 Å². The molecule has 0 aliphatic heterocycles. The Balaban J connectivity index is 2.21. The first-order valence-electron chi connectivity index (χ1n) is 9.43. The zero-order valence-corrected chi connectivity index (χ0v) is 15.9. The summed E-state index contributed by atoms with van der Waals surface area (Å²) in [6.45, 7) is 9.64. The van der Waals surface area contributed by atoms with Gasteiger partial charge in [-0.2, -0.15) is 0 Å². The standard InChI is InChI=1S/C23H30N2/c1-15(2)19-9-7-10-21-20(8-5-6-11-24)22(25-23(19)21)18-13-16(3)12-17(4)14-18/h7,9-10,12-15,25H,5-6,8,11,24H2,1-4H3. The summed E-state index contributed by atoms with van der Waals surface area (Å²) in [5.74, 6) is 0.506. The number of hydrogen-bond acceptors (Lipinski definition) is 1. The van der Waals surface area contributed by atoms with Crippen LogP contribution in [0.3, 0.4) is 0 Å². The molecule has 1 heterocycles. The number of nitrogens with one attached hydrogen (secondary N) is 1. The zero-order chi connectivity index (χ0) is 18.0. The lowest BCUT2D eigenvalue weighted by Crippen LogP contribution is -1.99. The summed E-state index contributed by atoms with van der Waals surface area (Å²) in [6, 6.07) is 13.5. The minimum absolute atomic E-state index is 0.506. The third kappa shape index (κ3) is 3.64. The van der Waals surface area contributed by atoms with Gasteiger partial charge in [0.1, 0.15) is 0 Å². The summed E-state index contributed by atoms with van der Waals surface area (Å²) in [5.41, 5.74) is 15.1. The van der Waals surface area contributed by atoms with Crippen LogP contribution in [0.5, 0.6) is 0 Å². The molecular formula is C23H30N2. The molecule has 0 bridgehead atoms. The fourth-order valence-electron chi connectivity index (χ4n) is 3.85. The number of H-pyrrole nitrogens is 1. The Kier molecular flexibility index (Phi) is 5.29. The largest absolute Gasteiger partial charge is 0.354 e. The quantitative estimate of drug-likeness (QED) is 0.545. The van der Waals surface area contributed by atoms with Gasteiger partial charge in [0.05, 0.1) is 0 Å². The fourth-order valence-corrected chi connectivity index (χ4v) is 3.85. The molecule has 0 radical (unpaired) electrons. The Bertz CT molecular complexity index is 851. The Morgan fingerprint density at radius 3 is 2.36 bits per heavy atom. The van der Waals surface area contributed by atoms with Crippen molar-refractivity contribution in [3.05, 3.63) is 58.7 Å². The first kappa shape index (κ1) is 17.8. The van der Waals surface area contributed by atoms with Crippen molar-refractivity contribution >= 4 is 10.9 Å². The molecule has 1 aromatic heterocycles. The number of aryl methyl sites for hydroxylation is 3. The second kappa shape index (κ2) is 7.45. The molecule has 0 amide bonds. The summed E-state index contributed by atoms with van der Waals surface area (Å²) in [6.07, 6.45) is 3.27. The molecule has 0 spiro atoms. The molecule has 0 saturated heterocycles. The van der Waals surface area contributed by atoms with Crippen molar-refractivity contribution in [3.63, 3.8) is 0 Å². The van der Waals surface area contributed by atoms with E-state index in [-0.39, 0.29) is 0 Å². The number of hydrogen-bond donors (Lipinski definition) is 2. The molecule has 2 nitrogen and oxygen atoms in total.